The van der Waals surface area contributed by atoms with E-state index in [-0.39, 0.29) is 0 Å². The standard InChI is InChI=1S/C8H16O3/c1-6(2)5(9)7(3,4)8(6,10)11/h5,9-11H,1-4H3. The second-order valence-electron chi connectivity index (χ2n) is 4.52. The van der Waals surface area contributed by atoms with Crippen LogP contribution in [0.4, 0.5) is 0 Å². The van der Waals surface area contributed by atoms with Gasteiger partial charge >= 0.3 is 0 Å². The lowest BCUT2D eigenvalue weighted by Gasteiger charge is -2.64. The van der Waals surface area contributed by atoms with Crippen LogP contribution in [0.2, 0.25) is 0 Å². The molecule has 3 nitrogen and oxygen atoms in total. The van der Waals surface area contributed by atoms with Crippen molar-refractivity contribution in [2.24, 2.45) is 10.8 Å². The normalized spacial score (nSPS) is 33.0. The molecule has 0 aromatic rings. The third-order valence-corrected chi connectivity index (χ3v) is 3.16. The number of rotatable bonds is 0. The zero-order chi connectivity index (χ0) is 9.08. The van der Waals surface area contributed by atoms with Gasteiger partial charge in [0, 0.05) is 10.8 Å². The fourth-order valence-corrected chi connectivity index (χ4v) is 2.04. The molecule has 0 radical (unpaired) electrons. The second kappa shape index (κ2) is 1.79. The third-order valence-electron chi connectivity index (χ3n) is 3.16. The summed E-state index contributed by atoms with van der Waals surface area (Å²) in [5.74, 6) is -1.76. The third kappa shape index (κ3) is 0.687. The van der Waals surface area contributed by atoms with Gasteiger partial charge in [-0.1, -0.05) is 27.7 Å². The predicted octanol–water partition coefficient (Wildman–Crippen LogP) is 0.0942. The van der Waals surface area contributed by atoms with E-state index in [1.54, 1.807) is 27.7 Å². The molecular formula is C8H16O3. The van der Waals surface area contributed by atoms with Gasteiger partial charge in [-0.2, -0.15) is 0 Å². The average molecular weight is 160 g/mol. The van der Waals surface area contributed by atoms with Crippen LogP contribution in [-0.4, -0.2) is 27.2 Å². The summed E-state index contributed by atoms with van der Waals surface area (Å²) in [6.07, 6.45) is -0.662. The molecule has 66 valence electrons. The van der Waals surface area contributed by atoms with Crippen molar-refractivity contribution >= 4 is 0 Å². The Morgan fingerprint density at radius 1 is 0.909 bits per heavy atom. The molecule has 1 fully saturated rings. The smallest absolute Gasteiger partial charge is 0.178 e. The molecule has 1 aliphatic carbocycles. The summed E-state index contributed by atoms with van der Waals surface area (Å²) in [5.41, 5.74) is -1.65. The zero-order valence-electron chi connectivity index (χ0n) is 7.42. The molecule has 1 aliphatic rings. The second-order valence-corrected chi connectivity index (χ2v) is 4.52. The molecule has 0 saturated heterocycles. The van der Waals surface area contributed by atoms with Gasteiger partial charge in [0.1, 0.15) is 0 Å². The molecule has 0 aromatic heterocycles. The SMILES string of the molecule is CC1(C)C(O)C(C)(C)C1(O)O. The van der Waals surface area contributed by atoms with Crippen LogP contribution in [0.5, 0.6) is 0 Å². The highest BCUT2D eigenvalue weighted by Crippen LogP contribution is 2.59. The van der Waals surface area contributed by atoms with Crippen LogP contribution in [0.1, 0.15) is 27.7 Å². The van der Waals surface area contributed by atoms with Crippen LogP contribution in [0.25, 0.3) is 0 Å². The first-order valence-corrected chi connectivity index (χ1v) is 3.78. The molecule has 1 rings (SSSR count). The minimum atomic E-state index is -1.76. The molecule has 0 unspecified atom stereocenters. The molecule has 0 bridgehead atoms. The highest BCUT2D eigenvalue weighted by Gasteiger charge is 2.71. The van der Waals surface area contributed by atoms with Crippen LogP contribution < -0.4 is 0 Å². The van der Waals surface area contributed by atoms with Crippen molar-refractivity contribution in [1.82, 2.24) is 0 Å². The molecule has 3 heteroatoms. The summed E-state index contributed by atoms with van der Waals surface area (Å²) in [6.45, 7) is 6.57. The number of aliphatic hydroxyl groups excluding tert-OH is 1. The summed E-state index contributed by atoms with van der Waals surface area (Å²) in [4.78, 5) is 0. The summed E-state index contributed by atoms with van der Waals surface area (Å²) in [6, 6.07) is 0. The van der Waals surface area contributed by atoms with Gasteiger partial charge in [-0.25, -0.2) is 0 Å². The minimum Gasteiger partial charge on any atom is -0.392 e. The lowest BCUT2D eigenvalue weighted by atomic mass is 9.48. The van der Waals surface area contributed by atoms with E-state index >= 15 is 0 Å². The molecule has 1 saturated carbocycles. The van der Waals surface area contributed by atoms with Gasteiger partial charge in [0.05, 0.1) is 6.10 Å². The van der Waals surface area contributed by atoms with E-state index in [0.29, 0.717) is 0 Å². The van der Waals surface area contributed by atoms with E-state index < -0.39 is 22.7 Å². The van der Waals surface area contributed by atoms with Gasteiger partial charge < -0.3 is 15.3 Å². The molecule has 11 heavy (non-hydrogen) atoms. The molecule has 0 amide bonds. The molecule has 0 aliphatic heterocycles. The summed E-state index contributed by atoms with van der Waals surface area (Å²) in [5, 5.41) is 28.6. The Morgan fingerprint density at radius 2 is 1.18 bits per heavy atom. The number of hydrogen-bond acceptors (Lipinski definition) is 3. The first-order valence-electron chi connectivity index (χ1n) is 3.78. The van der Waals surface area contributed by atoms with E-state index in [4.69, 9.17) is 0 Å². The molecule has 0 aromatic carbocycles. The highest BCUT2D eigenvalue weighted by atomic mass is 16.5. The summed E-state index contributed by atoms with van der Waals surface area (Å²) in [7, 11) is 0. The van der Waals surface area contributed by atoms with Crippen LogP contribution in [0.15, 0.2) is 0 Å². The van der Waals surface area contributed by atoms with Crippen LogP contribution in [0.3, 0.4) is 0 Å². The van der Waals surface area contributed by atoms with Gasteiger partial charge in [-0.15, -0.1) is 0 Å². The molecular weight excluding hydrogens is 144 g/mol. The van der Waals surface area contributed by atoms with E-state index in [1.807, 2.05) is 0 Å². The monoisotopic (exact) mass is 160 g/mol. The maximum absolute atomic E-state index is 9.53. The fourth-order valence-electron chi connectivity index (χ4n) is 2.04. The Labute approximate surface area is 66.7 Å². The Morgan fingerprint density at radius 3 is 1.27 bits per heavy atom. The van der Waals surface area contributed by atoms with Crippen molar-refractivity contribution in [3.8, 4) is 0 Å². The summed E-state index contributed by atoms with van der Waals surface area (Å²) >= 11 is 0. The lowest BCUT2D eigenvalue weighted by Crippen LogP contribution is -2.76. The van der Waals surface area contributed by atoms with Gasteiger partial charge in [0.15, 0.2) is 5.79 Å². The van der Waals surface area contributed by atoms with E-state index in [0.717, 1.165) is 0 Å². The van der Waals surface area contributed by atoms with Crippen LogP contribution in [0, 0.1) is 10.8 Å². The maximum atomic E-state index is 9.53. The van der Waals surface area contributed by atoms with Crippen molar-refractivity contribution in [1.29, 1.82) is 0 Å². The topological polar surface area (TPSA) is 60.7 Å². The van der Waals surface area contributed by atoms with E-state index in [1.165, 1.54) is 0 Å². The molecule has 0 heterocycles. The largest absolute Gasteiger partial charge is 0.392 e. The van der Waals surface area contributed by atoms with Gasteiger partial charge in [0.25, 0.3) is 0 Å². The van der Waals surface area contributed by atoms with Crippen LogP contribution >= 0.6 is 0 Å². The minimum absolute atomic E-state index is 0.662. The van der Waals surface area contributed by atoms with Crippen LogP contribution in [-0.2, 0) is 0 Å². The Kier molecular flexibility index (Phi) is 1.46. The first-order chi connectivity index (χ1) is 4.65. The Bertz CT molecular complexity index is 164. The Balaban J connectivity index is 2.98. The van der Waals surface area contributed by atoms with Crippen molar-refractivity contribution in [2.75, 3.05) is 0 Å². The van der Waals surface area contributed by atoms with E-state index in [9.17, 15) is 15.3 Å². The maximum Gasteiger partial charge on any atom is 0.178 e. The predicted molar refractivity (Wildman–Crippen MR) is 40.7 cm³/mol. The highest BCUT2D eigenvalue weighted by molar-refractivity contribution is 5.14. The molecule has 0 atom stereocenters. The first kappa shape index (κ1) is 8.97. The lowest BCUT2D eigenvalue weighted by molar-refractivity contribution is -0.413. The molecule has 0 spiro atoms. The molecule has 3 N–H and O–H groups in total. The fraction of sp³-hybridized carbons (Fsp3) is 1.00. The van der Waals surface area contributed by atoms with Gasteiger partial charge in [-0.05, 0) is 0 Å². The van der Waals surface area contributed by atoms with E-state index in [2.05, 4.69) is 0 Å². The van der Waals surface area contributed by atoms with Crippen molar-refractivity contribution in [2.45, 2.75) is 39.6 Å². The summed E-state index contributed by atoms with van der Waals surface area (Å²) < 4.78 is 0. The number of aliphatic hydroxyl groups is 3. The Hall–Kier alpha value is -0.120. The van der Waals surface area contributed by atoms with Gasteiger partial charge in [-0.3, -0.25) is 0 Å². The zero-order valence-corrected chi connectivity index (χ0v) is 7.42. The van der Waals surface area contributed by atoms with Crippen molar-refractivity contribution in [3.63, 3.8) is 0 Å². The average Bonchev–Trinajstić information content (AvgIpc) is 1.84. The quantitative estimate of drug-likeness (QED) is 0.440. The van der Waals surface area contributed by atoms with Crippen molar-refractivity contribution < 1.29 is 15.3 Å². The van der Waals surface area contributed by atoms with Crippen molar-refractivity contribution in [3.05, 3.63) is 0 Å². The number of hydrogen-bond donors (Lipinski definition) is 3. The van der Waals surface area contributed by atoms with Gasteiger partial charge in [0.2, 0.25) is 0 Å².